The van der Waals surface area contributed by atoms with Gasteiger partial charge < -0.3 is 30.5 Å². The third-order valence-electron chi connectivity index (χ3n) is 6.90. The van der Waals surface area contributed by atoms with E-state index in [4.69, 9.17) is 4.74 Å². The number of carbonyl (C=O) groups excluding carboxylic acids is 3. The third kappa shape index (κ3) is 9.65. The fourth-order valence-corrected chi connectivity index (χ4v) is 4.78. The summed E-state index contributed by atoms with van der Waals surface area (Å²) in [5, 5.41) is 40.7. The van der Waals surface area contributed by atoms with E-state index in [1.165, 1.54) is 21.9 Å². The average Bonchev–Trinajstić information content (AvgIpc) is 3.26. The number of amides is 3. The van der Waals surface area contributed by atoms with Crippen molar-refractivity contribution in [3.8, 4) is 0 Å². The molecule has 0 aromatic carbocycles. The van der Waals surface area contributed by atoms with Crippen molar-refractivity contribution < 1.29 is 58.7 Å². The lowest BCUT2D eigenvalue weighted by molar-refractivity contribution is -0.151. The highest BCUT2D eigenvalue weighted by atomic mass is 16.5. The molecule has 238 valence electrons. The molecular formula is C27H33N5O12. The smallest absolute Gasteiger partial charge is 0.321 e. The van der Waals surface area contributed by atoms with Gasteiger partial charge in [0.25, 0.3) is 17.7 Å². The summed E-state index contributed by atoms with van der Waals surface area (Å²) >= 11 is 0. The van der Waals surface area contributed by atoms with Crippen molar-refractivity contribution in [1.29, 1.82) is 0 Å². The highest BCUT2D eigenvalue weighted by Gasteiger charge is 2.31. The number of imide groups is 1. The Balaban J connectivity index is 1.90. The second-order valence-electron chi connectivity index (χ2n) is 10.1. The molecule has 2 bridgehead atoms. The van der Waals surface area contributed by atoms with Gasteiger partial charge in [-0.25, -0.2) is 0 Å². The molecule has 3 rings (SSSR count). The number of pyridine rings is 1. The highest BCUT2D eigenvalue weighted by molar-refractivity contribution is 6.12. The van der Waals surface area contributed by atoms with Crippen LogP contribution in [-0.4, -0.2) is 133 Å². The van der Waals surface area contributed by atoms with Gasteiger partial charge in [-0.05, 0) is 18.6 Å². The number of hydrogen-bond donors (Lipinski definition) is 5. The van der Waals surface area contributed by atoms with E-state index < -0.39 is 66.5 Å². The van der Waals surface area contributed by atoms with Gasteiger partial charge in [0, 0.05) is 57.0 Å². The quantitative estimate of drug-likeness (QED) is 0.126. The summed E-state index contributed by atoms with van der Waals surface area (Å²) in [5.74, 6) is -6.95. The first-order valence-electron chi connectivity index (χ1n) is 13.6. The first-order valence-corrected chi connectivity index (χ1v) is 13.6. The molecule has 2 aliphatic heterocycles. The Morgan fingerprint density at radius 2 is 1.30 bits per heavy atom. The molecule has 0 saturated carbocycles. The molecular weight excluding hydrogens is 586 g/mol. The lowest BCUT2D eigenvalue weighted by atomic mass is 10.1. The van der Waals surface area contributed by atoms with Crippen molar-refractivity contribution in [2.75, 3.05) is 39.4 Å². The number of aromatic nitrogens is 1. The number of fused-ring (bicyclic) bond motifs is 2. The van der Waals surface area contributed by atoms with E-state index >= 15 is 0 Å². The third-order valence-corrected chi connectivity index (χ3v) is 6.90. The van der Waals surface area contributed by atoms with Crippen LogP contribution in [0.3, 0.4) is 0 Å². The lowest BCUT2D eigenvalue weighted by Crippen LogP contribution is -2.46. The molecule has 44 heavy (non-hydrogen) atoms. The maximum Gasteiger partial charge on any atom is 0.321 e. The summed E-state index contributed by atoms with van der Waals surface area (Å²) in [6, 6.07) is -0.135. The highest BCUT2D eigenvalue weighted by Crippen LogP contribution is 2.18. The van der Waals surface area contributed by atoms with Gasteiger partial charge in [-0.15, -0.1) is 0 Å². The minimum absolute atomic E-state index is 0.0437. The molecule has 3 heterocycles. The van der Waals surface area contributed by atoms with Crippen molar-refractivity contribution in [2.45, 2.75) is 44.4 Å². The van der Waals surface area contributed by atoms with Gasteiger partial charge >= 0.3 is 23.9 Å². The van der Waals surface area contributed by atoms with E-state index in [1.54, 1.807) is 0 Å². The second-order valence-corrected chi connectivity index (χ2v) is 10.1. The van der Waals surface area contributed by atoms with Gasteiger partial charge in [0.1, 0.15) is 12.1 Å². The van der Waals surface area contributed by atoms with Crippen molar-refractivity contribution in [3.63, 3.8) is 0 Å². The van der Waals surface area contributed by atoms with Gasteiger partial charge in [0.2, 0.25) is 0 Å². The van der Waals surface area contributed by atoms with Crippen LogP contribution in [0.5, 0.6) is 0 Å². The van der Waals surface area contributed by atoms with E-state index in [0.29, 0.717) is 0 Å². The van der Waals surface area contributed by atoms with Crippen LogP contribution in [0.15, 0.2) is 24.3 Å². The molecule has 0 aliphatic carbocycles. The molecule has 0 spiro atoms. The van der Waals surface area contributed by atoms with Gasteiger partial charge in [-0.2, -0.15) is 0 Å². The number of aliphatic carboxylic acids is 4. The number of carboxylic acids is 4. The van der Waals surface area contributed by atoms with Crippen molar-refractivity contribution in [3.05, 3.63) is 41.2 Å². The maximum absolute atomic E-state index is 13.1. The number of nitrogens with one attached hydrogen (secondary N) is 1. The normalized spacial score (nSPS) is 17.8. The lowest BCUT2D eigenvalue weighted by Gasteiger charge is -2.31. The van der Waals surface area contributed by atoms with E-state index in [0.717, 1.165) is 17.1 Å². The fourth-order valence-electron chi connectivity index (χ4n) is 4.78. The Morgan fingerprint density at radius 3 is 1.73 bits per heavy atom. The van der Waals surface area contributed by atoms with Crippen LogP contribution in [-0.2, 0) is 46.6 Å². The summed E-state index contributed by atoms with van der Waals surface area (Å²) in [6.07, 6.45) is 1.11. The molecule has 3 amide bonds. The Hall–Kier alpha value is -4.74. The number of carbonyl (C=O) groups is 7. The molecule has 2 aliphatic rings. The van der Waals surface area contributed by atoms with E-state index in [2.05, 4.69) is 10.3 Å². The van der Waals surface area contributed by atoms with Crippen LogP contribution in [0.4, 0.5) is 0 Å². The number of ether oxygens (including phenoxy) is 1. The Morgan fingerprint density at radius 1 is 0.818 bits per heavy atom. The Labute approximate surface area is 250 Å². The summed E-state index contributed by atoms with van der Waals surface area (Å²) in [4.78, 5) is 91.5. The predicted octanol–water partition coefficient (Wildman–Crippen LogP) is -1.38. The van der Waals surface area contributed by atoms with Crippen molar-refractivity contribution in [2.24, 2.45) is 0 Å². The van der Waals surface area contributed by atoms with E-state index in [1.807, 2.05) is 0 Å². The SMILES string of the molecule is O=C(O)C[C@H](C(=O)O)N1CCOCCN([C@H](CC(=O)O)C(=O)O)Cc2cc(C(=O)NCCCN3C(=O)C=CC3=O)cc(n2)C1. The monoisotopic (exact) mass is 619 g/mol. The number of nitrogens with zero attached hydrogens (tertiary/aromatic N) is 4. The van der Waals surface area contributed by atoms with E-state index in [-0.39, 0.29) is 75.9 Å². The average molecular weight is 620 g/mol. The molecule has 0 radical (unpaired) electrons. The largest absolute Gasteiger partial charge is 0.481 e. The topological polar surface area (TPSA) is 244 Å². The molecule has 0 fully saturated rings. The van der Waals surface area contributed by atoms with Gasteiger partial charge in [0.05, 0.1) is 37.4 Å². The number of hydrogen-bond acceptors (Lipinski definition) is 11. The Kier molecular flexibility index (Phi) is 12.0. The maximum atomic E-state index is 13.1. The number of carboxylic acid groups (broad SMARTS) is 4. The molecule has 1 aromatic rings. The zero-order chi connectivity index (χ0) is 32.4. The summed E-state index contributed by atoms with van der Waals surface area (Å²) < 4.78 is 5.57. The van der Waals surface area contributed by atoms with Crippen LogP contribution in [0.2, 0.25) is 0 Å². The predicted molar refractivity (Wildman–Crippen MR) is 146 cm³/mol. The zero-order valence-electron chi connectivity index (χ0n) is 23.6. The van der Waals surface area contributed by atoms with E-state index in [9.17, 15) is 54.0 Å². The molecule has 17 heteroatoms. The first kappa shape index (κ1) is 33.8. The van der Waals surface area contributed by atoms with Crippen LogP contribution in [0, 0.1) is 0 Å². The fraction of sp³-hybridized carbons (Fsp3) is 0.481. The van der Waals surface area contributed by atoms with Crippen LogP contribution in [0.1, 0.15) is 41.0 Å². The van der Waals surface area contributed by atoms with Gasteiger partial charge in [0.15, 0.2) is 0 Å². The molecule has 17 nitrogen and oxygen atoms in total. The van der Waals surface area contributed by atoms with Crippen molar-refractivity contribution in [1.82, 2.24) is 25.0 Å². The molecule has 0 unspecified atom stereocenters. The molecule has 0 saturated heterocycles. The first-order chi connectivity index (χ1) is 20.8. The zero-order valence-corrected chi connectivity index (χ0v) is 23.6. The van der Waals surface area contributed by atoms with Crippen LogP contribution < -0.4 is 5.32 Å². The van der Waals surface area contributed by atoms with Crippen LogP contribution >= 0.6 is 0 Å². The summed E-state index contributed by atoms with van der Waals surface area (Å²) in [5.41, 5.74) is 0.423. The van der Waals surface area contributed by atoms with Gasteiger partial charge in [-0.1, -0.05) is 0 Å². The molecule has 1 aromatic heterocycles. The second kappa shape index (κ2) is 15.6. The van der Waals surface area contributed by atoms with Gasteiger partial charge in [-0.3, -0.25) is 53.2 Å². The van der Waals surface area contributed by atoms with Crippen LogP contribution in [0.25, 0.3) is 0 Å². The molecule has 5 N–H and O–H groups in total. The minimum atomic E-state index is -1.45. The van der Waals surface area contributed by atoms with Crippen molar-refractivity contribution >= 4 is 41.6 Å². The minimum Gasteiger partial charge on any atom is -0.481 e. The standard InChI is InChI=1S/C27H33N5O12/c33-21-2-3-22(34)32(21)5-1-4-28-25(39)16-10-17-14-30(19(26(40)41)12-23(35)36)6-8-44-9-7-31(15-18(11-16)29-17)20(27(42)43)13-24(37)38/h2-3,10-11,19-20H,1,4-9,12-15H2,(H,28,39)(H,35,36)(H,37,38)(H,40,41)(H,42,43)/t19-,20-/m1/s1. The Bertz CT molecular complexity index is 1250. The number of rotatable bonds is 13. The summed E-state index contributed by atoms with van der Waals surface area (Å²) in [7, 11) is 0. The molecule has 2 atom stereocenters. The summed E-state index contributed by atoms with van der Waals surface area (Å²) in [6.45, 7) is -0.453.